The summed E-state index contributed by atoms with van der Waals surface area (Å²) < 4.78 is 0. The van der Waals surface area contributed by atoms with Crippen LogP contribution in [0.2, 0.25) is 0 Å². The number of nitrogens with zero attached hydrogens (tertiary/aromatic N) is 2. The minimum atomic E-state index is -0.769. The average molecular weight is 378 g/mol. The molecule has 1 aromatic rings. The molecule has 4 N–H and O–H groups in total. The zero-order chi connectivity index (χ0) is 20.2. The molecule has 27 heavy (non-hydrogen) atoms. The second-order valence-electron chi connectivity index (χ2n) is 5.90. The molecule has 0 aromatic heterocycles. The van der Waals surface area contributed by atoms with E-state index in [1.165, 1.54) is 11.8 Å². The van der Waals surface area contributed by atoms with E-state index in [4.69, 9.17) is 0 Å². The SMILES string of the molecule is CC(=O)NN(CCC(=O)N(C)C)C(=O)NNC(=O)NCCc1ccccc1. The fourth-order valence-electron chi connectivity index (χ4n) is 2.02. The topological polar surface area (TPSA) is 123 Å². The molecule has 0 atom stereocenters. The van der Waals surface area contributed by atoms with Crippen LogP contribution in [0.15, 0.2) is 30.3 Å². The molecule has 0 bridgehead atoms. The minimum absolute atomic E-state index is 0.0178. The van der Waals surface area contributed by atoms with Crippen molar-refractivity contribution in [2.24, 2.45) is 0 Å². The van der Waals surface area contributed by atoms with E-state index in [0.29, 0.717) is 13.0 Å². The first-order chi connectivity index (χ1) is 12.8. The summed E-state index contributed by atoms with van der Waals surface area (Å²) in [6.45, 7) is 1.58. The van der Waals surface area contributed by atoms with E-state index in [1.54, 1.807) is 14.1 Å². The number of nitrogens with one attached hydrogen (secondary N) is 4. The largest absolute Gasteiger partial charge is 0.354 e. The van der Waals surface area contributed by atoms with Gasteiger partial charge in [-0.15, -0.1) is 0 Å². The Morgan fingerprint density at radius 3 is 2.26 bits per heavy atom. The van der Waals surface area contributed by atoms with E-state index < -0.39 is 18.0 Å². The second kappa shape index (κ2) is 11.3. The average Bonchev–Trinajstić information content (AvgIpc) is 2.63. The van der Waals surface area contributed by atoms with Gasteiger partial charge >= 0.3 is 12.1 Å². The number of carbonyl (C=O) groups excluding carboxylic acids is 4. The van der Waals surface area contributed by atoms with Gasteiger partial charge in [0.1, 0.15) is 0 Å². The Morgan fingerprint density at radius 1 is 1.00 bits per heavy atom. The van der Waals surface area contributed by atoms with Crippen molar-refractivity contribution in [2.75, 3.05) is 27.2 Å². The van der Waals surface area contributed by atoms with Gasteiger partial charge in [-0.3, -0.25) is 15.0 Å². The fraction of sp³-hybridized carbons (Fsp3) is 0.412. The molecule has 0 saturated carbocycles. The highest BCUT2D eigenvalue weighted by Crippen LogP contribution is 1.98. The molecule has 0 saturated heterocycles. The monoisotopic (exact) mass is 378 g/mol. The van der Waals surface area contributed by atoms with Crippen LogP contribution in [0.1, 0.15) is 18.9 Å². The summed E-state index contributed by atoms with van der Waals surface area (Å²) in [4.78, 5) is 48.1. The quantitative estimate of drug-likeness (QED) is 0.520. The smallest absolute Gasteiger partial charge is 0.349 e. The van der Waals surface area contributed by atoms with Crippen molar-refractivity contribution in [1.29, 1.82) is 0 Å². The van der Waals surface area contributed by atoms with Gasteiger partial charge in [-0.1, -0.05) is 30.3 Å². The van der Waals surface area contributed by atoms with Gasteiger partial charge in [-0.2, -0.15) is 0 Å². The first-order valence-electron chi connectivity index (χ1n) is 8.42. The number of hydrazine groups is 2. The summed E-state index contributed by atoms with van der Waals surface area (Å²) in [7, 11) is 3.18. The summed E-state index contributed by atoms with van der Waals surface area (Å²) in [5.41, 5.74) is 7.75. The number of hydrogen-bond donors (Lipinski definition) is 4. The lowest BCUT2D eigenvalue weighted by Gasteiger charge is -2.23. The van der Waals surface area contributed by atoms with Crippen LogP contribution < -0.4 is 21.6 Å². The van der Waals surface area contributed by atoms with Gasteiger partial charge in [0.05, 0.1) is 6.54 Å². The predicted octanol–water partition coefficient (Wildman–Crippen LogP) is -0.0157. The van der Waals surface area contributed by atoms with Crippen molar-refractivity contribution in [3.63, 3.8) is 0 Å². The minimum Gasteiger partial charge on any atom is -0.349 e. The highest BCUT2D eigenvalue weighted by molar-refractivity contribution is 5.83. The maximum absolute atomic E-state index is 12.1. The summed E-state index contributed by atoms with van der Waals surface area (Å²) in [6, 6.07) is 8.26. The molecule has 10 nitrogen and oxygen atoms in total. The number of rotatable bonds is 6. The summed E-state index contributed by atoms with van der Waals surface area (Å²) in [6.07, 6.45) is 0.664. The Kier molecular flexibility index (Phi) is 9.13. The molecule has 0 aliphatic heterocycles. The van der Waals surface area contributed by atoms with E-state index in [-0.39, 0.29) is 18.9 Å². The predicted molar refractivity (Wildman–Crippen MR) is 99.0 cm³/mol. The third-order valence-electron chi connectivity index (χ3n) is 3.41. The van der Waals surface area contributed by atoms with Gasteiger partial charge in [-0.25, -0.2) is 25.4 Å². The zero-order valence-corrected chi connectivity index (χ0v) is 15.7. The molecule has 0 unspecified atom stereocenters. The van der Waals surface area contributed by atoms with E-state index in [9.17, 15) is 19.2 Å². The summed E-state index contributed by atoms with van der Waals surface area (Å²) in [5.74, 6) is -0.681. The number of hydrogen-bond acceptors (Lipinski definition) is 4. The molecule has 0 spiro atoms. The maximum Gasteiger partial charge on any atom is 0.354 e. The normalized spacial score (nSPS) is 9.74. The zero-order valence-electron chi connectivity index (χ0n) is 15.7. The maximum atomic E-state index is 12.1. The van der Waals surface area contributed by atoms with Gasteiger partial charge in [0, 0.05) is 34.0 Å². The van der Waals surface area contributed by atoms with Gasteiger partial charge in [0.25, 0.3) is 0 Å². The molecule has 0 aliphatic rings. The van der Waals surface area contributed by atoms with Crippen molar-refractivity contribution >= 4 is 23.9 Å². The van der Waals surface area contributed by atoms with Crippen molar-refractivity contribution in [3.8, 4) is 0 Å². The number of carbonyl (C=O) groups is 4. The Balaban J connectivity index is 2.39. The first-order valence-corrected chi connectivity index (χ1v) is 8.42. The lowest BCUT2D eigenvalue weighted by molar-refractivity contribution is -0.130. The number of benzene rings is 1. The number of urea groups is 2. The van der Waals surface area contributed by atoms with Gasteiger partial charge < -0.3 is 10.2 Å². The highest BCUT2D eigenvalue weighted by Gasteiger charge is 2.17. The Bertz CT molecular complexity index is 650. The van der Waals surface area contributed by atoms with E-state index in [1.807, 2.05) is 30.3 Å². The molecular weight excluding hydrogens is 352 g/mol. The van der Waals surface area contributed by atoms with Crippen LogP contribution in [0.3, 0.4) is 0 Å². The van der Waals surface area contributed by atoms with Crippen LogP contribution in [0.4, 0.5) is 9.59 Å². The van der Waals surface area contributed by atoms with E-state index in [0.717, 1.165) is 10.6 Å². The Hall–Kier alpha value is -3.30. The fourth-order valence-corrected chi connectivity index (χ4v) is 2.02. The molecular formula is C17H26N6O4. The molecule has 1 aromatic carbocycles. The lowest BCUT2D eigenvalue weighted by Crippen LogP contribution is -2.56. The molecule has 6 amide bonds. The lowest BCUT2D eigenvalue weighted by atomic mass is 10.1. The van der Waals surface area contributed by atoms with Crippen LogP contribution in [-0.4, -0.2) is 61.0 Å². The van der Waals surface area contributed by atoms with Crippen LogP contribution >= 0.6 is 0 Å². The molecule has 0 heterocycles. The van der Waals surface area contributed by atoms with Crippen molar-refractivity contribution < 1.29 is 19.2 Å². The molecule has 0 fully saturated rings. The van der Waals surface area contributed by atoms with Gasteiger partial charge in [-0.05, 0) is 12.0 Å². The van der Waals surface area contributed by atoms with Crippen LogP contribution in [0.5, 0.6) is 0 Å². The third-order valence-corrected chi connectivity index (χ3v) is 3.41. The highest BCUT2D eigenvalue weighted by atomic mass is 16.2. The van der Waals surface area contributed by atoms with Gasteiger partial charge in [0.15, 0.2) is 0 Å². The van der Waals surface area contributed by atoms with Crippen LogP contribution in [-0.2, 0) is 16.0 Å². The summed E-state index contributed by atoms with van der Waals surface area (Å²) in [5, 5.41) is 3.52. The second-order valence-corrected chi connectivity index (χ2v) is 5.90. The summed E-state index contributed by atoms with van der Waals surface area (Å²) >= 11 is 0. The van der Waals surface area contributed by atoms with Crippen molar-refractivity contribution in [3.05, 3.63) is 35.9 Å². The van der Waals surface area contributed by atoms with Crippen molar-refractivity contribution in [1.82, 2.24) is 31.5 Å². The molecule has 0 aliphatic carbocycles. The molecule has 10 heteroatoms. The number of amides is 6. The molecule has 0 radical (unpaired) electrons. The standard InChI is InChI=1S/C17H26N6O4/c1-13(24)21-23(12-10-15(25)22(2)3)17(27)20-19-16(26)18-11-9-14-7-5-4-6-8-14/h4-8H,9-12H2,1-3H3,(H,20,27)(H,21,24)(H2,18,19,26). The third kappa shape index (κ3) is 9.10. The van der Waals surface area contributed by atoms with E-state index >= 15 is 0 Å². The van der Waals surface area contributed by atoms with Crippen LogP contribution in [0, 0.1) is 0 Å². The Morgan fingerprint density at radius 2 is 1.67 bits per heavy atom. The van der Waals surface area contributed by atoms with Gasteiger partial charge in [0.2, 0.25) is 11.8 Å². The molecule has 148 valence electrons. The molecule has 1 rings (SSSR count). The van der Waals surface area contributed by atoms with Crippen LogP contribution in [0.25, 0.3) is 0 Å². The Labute approximate surface area is 158 Å². The van der Waals surface area contributed by atoms with Crippen molar-refractivity contribution in [2.45, 2.75) is 19.8 Å². The first kappa shape index (κ1) is 21.7. The van der Waals surface area contributed by atoms with E-state index in [2.05, 4.69) is 21.6 Å².